The fraction of sp³-hybridized carbons (Fsp3) is 0.293. The van der Waals surface area contributed by atoms with Gasteiger partial charge in [0.1, 0.15) is 5.58 Å². The summed E-state index contributed by atoms with van der Waals surface area (Å²) in [4.78, 5) is 7.23. The van der Waals surface area contributed by atoms with Crippen LogP contribution in [0, 0.1) is 18.1 Å². The van der Waals surface area contributed by atoms with Crippen LogP contribution in [0.4, 0.5) is 17.1 Å². The Kier molecular flexibility index (Phi) is 13.8. The second kappa shape index (κ2) is 19.5. The number of hydrogen-bond acceptors (Lipinski definition) is 3. The smallest absolute Gasteiger partial charge is 0.661 e. The Hall–Kier alpha value is -5.26. The van der Waals surface area contributed by atoms with Gasteiger partial charge in [-0.15, -0.1) is 47.6 Å². The number of anilines is 2. The molecule has 2 aromatic heterocycles. The van der Waals surface area contributed by atoms with Crippen molar-refractivity contribution in [2.45, 2.75) is 104 Å². The van der Waals surface area contributed by atoms with Gasteiger partial charge in [-0.2, -0.15) is 17.7 Å². The number of nitrogens with zero attached hydrogens (tertiary/aromatic N) is 3. The van der Waals surface area contributed by atoms with E-state index in [1.807, 2.05) is 30.3 Å². The van der Waals surface area contributed by atoms with Gasteiger partial charge in [0.05, 0.1) is 8.07 Å². The number of fused-ring (bicyclic) bond motifs is 4. The molecule has 0 N–H and O–H groups in total. The third kappa shape index (κ3) is 9.43. The van der Waals surface area contributed by atoms with Crippen molar-refractivity contribution in [1.29, 1.82) is 0 Å². The molecule has 0 saturated heterocycles. The molecule has 326 valence electrons. The van der Waals surface area contributed by atoms with Crippen LogP contribution in [0.1, 0.15) is 100 Å². The van der Waals surface area contributed by atoms with Gasteiger partial charge < -0.3 is 19.6 Å². The minimum atomic E-state index is -1.36. The monoisotopic (exact) mass is 1040 g/mol. The van der Waals surface area contributed by atoms with Gasteiger partial charge in [0, 0.05) is 28.5 Å². The summed E-state index contributed by atoms with van der Waals surface area (Å²) in [5.41, 5.74) is 15.1. The molecule has 6 heteroatoms. The summed E-state index contributed by atoms with van der Waals surface area (Å²) in [6.45, 7) is 16.5. The van der Waals surface area contributed by atoms with Crippen molar-refractivity contribution in [3.8, 4) is 22.4 Å². The Labute approximate surface area is 395 Å². The van der Waals surface area contributed by atoms with Crippen LogP contribution in [0.5, 0.6) is 0 Å². The van der Waals surface area contributed by atoms with Gasteiger partial charge in [-0.05, 0) is 87.7 Å². The van der Waals surface area contributed by atoms with Crippen LogP contribution in [0.15, 0.2) is 144 Å². The fourth-order valence-corrected chi connectivity index (χ4v) is 11.4. The number of benzene rings is 6. The first kappa shape index (κ1) is 45.3. The zero-order chi connectivity index (χ0) is 43.7. The van der Waals surface area contributed by atoms with Crippen molar-refractivity contribution < 1.29 is 24.5 Å². The molecular weight excluding hydrogens is 975 g/mol. The summed E-state index contributed by atoms with van der Waals surface area (Å²) in [7, 11) is -1.36. The first-order chi connectivity index (χ1) is 30.5. The molecule has 1 fully saturated rings. The maximum absolute atomic E-state index is 6.12. The zero-order valence-electron chi connectivity index (χ0n) is 38.4. The molecule has 2 aliphatic rings. The van der Waals surface area contributed by atoms with Crippen LogP contribution >= 0.6 is 0 Å². The van der Waals surface area contributed by atoms with Gasteiger partial charge in [-0.3, -0.25) is 0 Å². The first-order valence-electron chi connectivity index (χ1n) is 23.1. The molecule has 1 atom stereocenters. The van der Waals surface area contributed by atoms with Crippen molar-refractivity contribution in [2.75, 3.05) is 4.90 Å². The third-order valence-electron chi connectivity index (χ3n) is 13.0. The van der Waals surface area contributed by atoms with Crippen LogP contribution in [0.2, 0.25) is 19.6 Å². The van der Waals surface area contributed by atoms with E-state index in [-0.39, 0.29) is 26.3 Å². The Morgan fingerprint density at radius 1 is 0.719 bits per heavy atom. The fourth-order valence-electron chi connectivity index (χ4n) is 9.76. The molecular formula is C58H60IrN3OSi. The average molecular weight is 1040 g/mol. The Bertz CT molecular complexity index is 2810. The van der Waals surface area contributed by atoms with E-state index in [1.165, 1.54) is 66.5 Å². The van der Waals surface area contributed by atoms with Gasteiger partial charge in [0.25, 0.3) is 0 Å². The van der Waals surface area contributed by atoms with E-state index in [2.05, 4.69) is 174 Å². The molecule has 64 heavy (non-hydrogen) atoms. The van der Waals surface area contributed by atoms with E-state index < -0.39 is 8.07 Å². The molecule has 0 bridgehead atoms. The summed E-state index contributed by atoms with van der Waals surface area (Å²) in [6.07, 6.45) is 10.2. The quantitative estimate of drug-likeness (QED) is 0.107. The van der Waals surface area contributed by atoms with Gasteiger partial charge in [-0.1, -0.05) is 163 Å². The van der Waals surface area contributed by atoms with Crippen molar-refractivity contribution in [3.05, 3.63) is 179 Å². The van der Waals surface area contributed by atoms with E-state index >= 15 is 0 Å². The topological polar surface area (TPSA) is 43.4 Å². The molecule has 8 aromatic rings. The predicted molar refractivity (Wildman–Crippen MR) is 269 cm³/mol. The van der Waals surface area contributed by atoms with Gasteiger partial charge in [-0.25, -0.2) is 0 Å². The van der Waals surface area contributed by atoms with Crippen molar-refractivity contribution in [3.63, 3.8) is 0 Å². The summed E-state index contributed by atoms with van der Waals surface area (Å²) >= 11 is 0. The number of pyridine rings is 1. The van der Waals surface area contributed by atoms with Crippen molar-refractivity contribution in [2.24, 2.45) is 5.92 Å². The number of para-hydroxylation sites is 3. The Morgan fingerprint density at radius 2 is 1.41 bits per heavy atom. The minimum absolute atomic E-state index is 0. The number of rotatable bonds is 9. The van der Waals surface area contributed by atoms with Crippen LogP contribution in [0.3, 0.4) is 0 Å². The van der Waals surface area contributed by atoms with E-state index in [0.29, 0.717) is 11.8 Å². The Morgan fingerprint density at radius 3 is 2.11 bits per heavy atom. The van der Waals surface area contributed by atoms with Crippen LogP contribution in [-0.4, -0.2) is 13.1 Å². The summed E-state index contributed by atoms with van der Waals surface area (Å²) < 4.78 is 6.12. The zero-order valence-corrected chi connectivity index (χ0v) is 41.8. The first-order valence-corrected chi connectivity index (χ1v) is 26.6. The standard InChI is InChI=1S/C37H32N2O.C21H28NSi.Ir/c1-23(2)29-21-27(25-12-6-5-7-13-25)22-30(24(3)4)36(29)39-33-16-10-9-15-32(33)38-37(39)26-18-19-35-31(20-26)28-14-8-11-17-34(28)40-35;1-23(2,3)21-16-22-20(18-12-8-5-9-13-18)15-19(21)14-17-10-6-4-7-11-17;/h5-17,19-24,37H,1-4H3;5,8-9,12,15-17H,4,6-7,10-11,14H2,1-3H3;/q-2;-1;+3. The molecule has 10 rings (SSSR count). The molecule has 0 radical (unpaired) electrons. The van der Waals surface area contributed by atoms with Crippen LogP contribution in [-0.2, 0) is 26.5 Å². The number of aromatic nitrogens is 1. The minimum Gasteiger partial charge on any atom is -0.661 e. The molecule has 1 unspecified atom stereocenters. The van der Waals surface area contributed by atoms with E-state index in [1.54, 1.807) is 10.8 Å². The molecule has 0 spiro atoms. The van der Waals surface area contributed by atoms with Crippen LogP contribution in [0.25, 0.3) is 49.6 Å². The summed E-state index contributed by atoms with van der Waals surface area (Å²) in [6, 6.07) is 53.8. The van der Waals surface area contributed by atoms with Gasteiger partial charge >= 0.3 is 20.1 Å². The van der Waals surface area contributed by atoms with Gasteiger partial charge in [0.15, 0.2) is 0 Å². The molecule has 0 amide bonds. The second-order valence-electron chi connectivity index (χ2n) is 19.3. The maximum Gasteiger partial charge on any atom is 3.00 e. The largest absolute Gasteiger partial charge is 3.00 e. The van der Waals surface area contributed by atoms with E-state index in [9.17, 15) is 0 Å². The second-order valence-corrected chi connectivity index (χ2v) is 24.3. The van der Waals surface area contributed by atoms with E-state index in [0.717, 1.165) is 56.1 Å². The number of furan rings is 1. The molecule has 3 heterocycles. The molecule has 1 aliphatic heterocycles. The SMILES string of the molecule is CC(C)c1cc(-c2ccccc2)cc(C(C)C)c1N1c2ccccc2[N-]C1c1[c-]cc2oc3ccccc3c2c1.C[Si](C)(C)c1cnc(-c2[c-]cccc2)cc1CC1CCCCC1.[Ir+3]. The summed E-state index contributed by atoms with van der Waals surface area (Å²) in [5, 5.41) is 9.06. The van der Waals surface area contributed by atoms with Crippen molar-refractivity contribution in [1.82, 2.24) is 4.98 Å². The predicted octanol–water partition coefficient (Wildman–Crippen LogP) is 16.4. The molecule has 1 aliphatic carbocycles. The van der Waals surface area contributed by atoms with Crippen molar-refractivity contribution >= 4 is 52.3 Å². The van der Waals surface area contributed by atoms with Gasteiger partial charge in [0.2, 0.25) is 0 Å². The third-order valence-corrected chi connectivity index (χ3v) is 15.1. The van der Waals surface area contributed by atoms with Crippen LogP contribution < -0.4 is 10.1 Å². The Balaban J connectivity index is 0.000000199. The average Bonchev–Trinajstić information content (AvgIpc) is 3.88. The summed E-state index contributed by atoms with van der Waals surface area (Å²) in [5.74, 6) is 1.52. The normalized spacial score (nSPS) is 15.2. The maximum atomic E-state index is 6.12. The van der Waals surface area contributed by atoms with E-state index in [4.69, 9.17) is 14.7 Å². The number of hydrogen-bond donors (Lipinski definition) is 0. The molecule has 6 aromatic carbocycles. The molecule has 1 saturated carbocycles. The molecule has 4 nitrogen and oxygen atoms in total.